The summed E-state index contributed by atoms with van der Waals surface area (Å²) < 4.78 is 7.34. The molecule has 0 unspecified atom stereocenters. The minimum atomic E-state index is 0.403. The number of nitriles is 1. The van der Waals surface area contributed by atoms with Gasteiger partial charge < -0.3 is 4.42 Å². The van der Waals surface area contributed by atoms with Crippen molar-refractivity contribution in [2.75, 3.05) is 0 Å². The summed E-state index contributed by atoms with van der Waals surface area (Å²) in [6.07, 6.45) is 1.78. The number of pyridine rings is 1. The summed E-state index contributed by atoms with van der Waals surface area (Å²) in [6.45, 7) is 6.30. The monoisotopic (exact) mass is 404 g/mol. The maximum absolute atomic E-state index is 9.08. The third-order valence-corrected chi connectivity index (χ3v) is 4.97. The highest BCUT2D eigenvalue weighted by Gasteiger charge is 2.15. The van der Waals surface area contributed by atoms with Gasteiger partial charge in [0.05, 0.1) is 22.8 Å². The van der Waals surface area contributed by atoms with E-state index in [2.05, 4.69) is 26.3 Å². The van der Waals surface area contributed by atoms with Crippen molar-refractivity contribution < 1.29 is 4.42 Å². The highest BCUT2D eigenvalue weighted by Crippen LogP contribution is 2.30. The van der Waals surface area contributed by atoms with Crippen molar-refractivity contribution in [3.63, 3.8) is 0 Å². The van der Waals surface area contributed by atoms with E-state index in [1.807, 2.05) is 42.8 Å². The molecular weight excluding hydrogens is 388 g/mol. The normalized spacial score (nSPS) is 10.9. The van der Waals surface area contributed by atoms with Crippen molar-refractivity contribution in [3.05, 3.63) is 70.0 Å². The minimum Gasteiger partial charge on any atom is -0.420 e. The molecular formula is C21H17ClN6O. The van der Waals surface area contributed by atoms with Gasteiger partial charge in [-0.1, -0.05) is 23.7 Å². The van der Waals surface area contributed by atoms with Crippen LogP contribution in [0.2, 0.25) is 5.02 Å². The zero-order valence-corrected chi connectivity index (χ0v) is 16.9. The molecule has 0 saturated carbocycles. The van der Waals surface area contributed by atoms with Crippen LogP contribution < -0.4 is 0 Å². The standard InChI is InChI=1S/C21H17ClN6O/c1-12-20(16-5-6-17(9-23)18(22)8-16)13(2)28(27-12)11-15-4-7-19(24-10-15)21-26-25-14(3)29-21/h4-8,10H,11H2,1-3H3. The molecule has 0 aliphatic carbocycles. The highest BCUT2D eigenvalue weighted by molar-refractivity contribution is 6.32. The first kappa shape index (κ1) is 18.8. The number of hydrogen-bond acceptors (Lipinski definition) is 6. The van der Waals surface area contributed by atoms with Gasteiger partial charge in [-0.2, -0.15) is 10.4 Å². The second kappa shape index (κ2) is 7.49. The van der Waals surface area contributed by atoms with Gasteiger partial charge in [-0.3, -0.25) is 9.67 Å². The fraction of sp³-hybridized carbons (Fsp3) is 0.190. The second-order valence-corrected chi connectivity index (χ2v) is 7.10. The Morgan fingerprint density at radius 1 is 1.14 bits per heavy atom. The largest absolute Gasteiger partial charge is 0.420 e. The SMILES string of the molecule is Cc1nnc(-c2ccc(Cn3nc(C)c(-c4ccc(C#N)c(Cl)c4)c3C)cn2)o1. The van der Waals surface area contributed by atoms with Crippen molar-refractivity contribution >= 4 is 11.6 Å². The lowest BCUT2D eigenvalue weighted by Crippen LogP contribution is -2.04. The van der Waals surface area contributed by atoms with Crippen LogP contribution in [0.5, 0.6) is 0 Å². The van der Waals surface area contributed by atoms with Gasteiger partial charge in [-0.05, 0) is 43.2 Å². The molecule has 0 bridgehead atoms. The van der Waals surface area contributed by atoms with E-state index in [0.717, 1.165) is 28.1 Å². The summed E-state index contributed by atoms with van der Waals surface area (Å²) >= 11 is 6.21. The molecule has 4 rings (SSSR count). The molecule has 0 spiro atoms. The van der Waals surface area contributed by atoms with Gasteiger partial charge in [0.25, 0.3) is 5.89 Å². The van der Waals surface area contributed by atoms with Gasteiger partial charge in [0, 0.05) is 24.4 Å². The molecule has 0 saturated heterocycles. The van der Waals surface area contributed by atoms with Crippen LogP contribution in [0.4, 0.5) is 0 Å². The number of halogens is 1. The van der Waals surface area contributed by atoms with Gasteiger partial charge >= 0.3 is 0 Å². The summed E-state index contributed by atoms with van der Waals surface area (Å²) in [5.41, 5.74) is 5.96. The molecule has 0 atom stereocenters. The Morgan fingerprint density at radius 3 is 2.59 bits per heavy atom. The zero-order chi connectivity index (χ0) is 20.5. The van der Waals surface area contributed by atoms with Crippen LogP contribution in [0, 0.1) is 32.1 Å². The first-order valence-electron chi connectivity index (χ1n) is 8.95. The van der Waals surface area contributed by atoms with Gasteiger partial charge in [0.1, 0.15) is 11.8 Å². The van der Waals surface area contributed by atoms with Crippen LogP contribution in [-0.4, -0.2) is 25.0 Å². The second-order valence-electron chi connectivity index (χ2n) is 6.69. The molecule has 0 fully saturated rings. The van der Waals surface area contributed by atoms with Crippen LogP contribution in [0.1, 0.15) is 28.4 Å². The van der Waals surface area contributed by atoms with E-state index in [1.165, 1.54) is 0 Å². The molecule has 0 aliphatic heterocycles. The van der Waals surface area contributed by atoms with Crippen LogP contribution in [0.15, 0.2) is 40.9 Å². The van der Waals surface area contributed by atoms with Crippen molar-refractivity contribution in [1.82, 2.24) is 25.0 Å². The van der Waals surface area contributed by atoms with E-state index < -0.39 is 0 Å². The number of aryl methyl sites for hydroxylation is 2. The maximum Gasteiger partial charge on any atom is 0.266 e. The predicted octanol–water partition coefficient (Wildman–Crippen LogP) is 4.49. The summed E-state index contributed by atoms with van der Waals surface area (Å²) in [4.78, 5) is 4.42. The molecule has 0 radical (unpaired) electrons. The topological polar surface area (TPSA) is 93.4 Å². The quantitative estimate of drug-likeness (QED) is 0.497. The van der Waals surface area contributed by atoms with Gasteiger partial charge in [0.15, 0.2) is 0 Å². The van der Waals surface area contributed by atoms with Gasteiger partial charge in [-0.25, -0.2) is 0 Å². The summed E-state index contributed by atoms with van der Waals surface area (Å²) in [6, 6.07) is 11.3. The van der Waals surface area contributed by atoms with Gasteiger partial charge in [0.2, 0.25) is 5.89 Å². The molecule has 4 aromatic rings. The van der Waals surface area contributed by atoms with Crippen LogP contribution >= 0.6 is 11.6 Å². The van der Waals surface area contributed by atoms with Crippen molar-refractivity contribution in [2.45, 2.75) is 27.3 Å². The lowest BCUT2D eigenvalue weighted by atomic mass is 10.0. The average molecular weight is 405 g/mol. The van der Waals surface area contributed by atoms with E-state index in [4.69, 9.17) is 21.3 Å². The van der Waals surface area contributed by atoms with Gasteiger partial charge in [-0.15, -0.1) is 10.2 Å². The Labute approximate surface area is 172 Å². The lowest BCUT2D eigenvalue weighted by molar-refractivity contribution is 0.531. The Hall–Kier alpha value is -3.50. The smallest absolute Gasteiger partial charge is 0.266 e. The number of benzene rings is 1. The Bertz CT molecular complexity index is 1230. The average Bonchev–Trinajstić information content (AvgIpc) is 3.25. The molecule has 0 amide bonds. The van der Waals surface area contributed by atoms with Crippen LogP contribution in [-0.2, 0) is 6.54 Å². The lowest BCUT2D eigenvalue weighted by Gasteiger charge is -2.07. The minimum absolute atomic E-state index is 0.403. The Balaban J connectivity index is 1.61. The zero-order valence-electron chi connectivity index (χ0n) is 16.1. The summed E-state index contributed by atoms with van der Waals surface area (Å²) in [5.74, 6) is 0.907. The number of nitrogens with zero attached hydrogens (tertiary/aromatic N) is 6. The maximum atomic E-state index is 9.08. The Morgan fingerprint density at radius 2 is 1.97 bits per heavy atom. The number of hydrogen-bond donors (Lipinski definition) is 0. The number of rotatable bonds is 4. The Kier molecular flexibility index (Phi) is 4.87. The van der Waals surface area contributed by atoms with Crippen molar-refractivity contribution in [1.29, 1.82) is 5.26 Å². The first-order valence-corrected chi connectivity index (χ1v) is 9.33. The van der Waals surface area contributed by atoms with Crippen molar-refractivity contribution in [3.8, 4) is 28.8 Å². The number of aromatic nitrogens is 5. The molecule has 8 heteroatoms. The van der Waals surface area contributed by atoms with Crippen LogP contribution in [0.25, 0.3) is 22.7 Å². The van der Waals surface area contributed by atoms with E-state index in [0.29, 0.717) is 34.6 Å². The van der Waals surface area contributed by atoms with E-state index >= 15 is 0 Å². The molecule has 0 N–H and O–H groups in total. The molecule has 0 aliphatic rings. The molecule has 29 heavy (non-hydrogen) atoms. The summed E-state index contributed by atoms with van der Waals surface area (Å²) in [5, 5.41) is 22.0. The van der Waals surface area contributed by atoms with Crippen molar-refractivity contribution in [2.24, 2.45) is 0 Å². The van der Waals surface area contributed by atoms with E-state index in [1.54, 1.807) is 19.2 Å². The third kappa shape index (κ3) is 3.62. The molecule has 144 valence electrons. The van der Waals surface area contributed by atoms with Crippen LogP contribution in [0.3, 0.4) is 0 Å². The fourth-order valence-electron chi connectivity index (χ4n) is 3.25. The highest BCUT2D eigenvalue weighted by atomic mass is 35.5. The molecule has 3 aromatic heterocycles. The molecule has 7 nitrogen and oxygen atoms in total. The summed E-state index contributed by atoms with van der Waals surface area (Å²) in [7, 11) is 0. The van der Waals surface area contributed by atoms with E-state index in [9.17, 15) is 0 Å². The van der Waals surface area contributed by atoms with E-state index in [-0.39, 0.29) is 0 Å². The third-order valence-electron chi connectivity index (χ3n) is 4.66. The fourth-order valence-corrected chi connectivity index (χ4v) is 3.47. The molecule has 3 heterocycles. The predicted molar refractivity (Wildman–Crippen MR) is 108 cm³/mol. The first-order chi connectivity index (χ1) is 14.0. The molecule has 1 aromatic carbocycles.